The molecule has 0 radical (unpaired) electrons. The van der Waals surface area contributed by atoms with Gasteiger partial charge < -0.3 is 10.1 Å². The van der Waals surface area contributed by atoms with Gasteiger partial charge >= 0.3 is 0 Å². The molecule has 0 spiro atoms. The monoisotopic (exact) mass is 275 g/mol. The molecule has 100 valence electrons. The second-order valence-corrected chi connectivity index (χ2v) is 5.02. The van der Waals surface area contributed by atoms with Crippen LogP contribution < -0.4 is 10.1 Å². The highest BCUT2D eigenvalue weighted by molar-refractivity contribution is 6.32. The quantitative estimate of drug-likeness (QED) is 0.866. The molecule has 0 saturated carbocycles. The van der Waals surface area contributed by atoms with Crippen molar-refractivity contribution in [2.24, 2.45) is 0 Å². The van der Waals surface area contributed by atoms with Crippen molar-refractivity contribution in [2.75, 3.05) is 11.9 Å². The van der Waals surface area contributed by atoms with E-state index in [1.165, 1.54) is 0 Å². The molecule has 2 aromatic rings. The van der Waals surface area contributed by atoms with Gasteiger partial charge in [0.25, 0.3) is 0 Å². The SMILES string of the molecule is Cc1ccc(OC(C)CNc2ccccc2)c(Cl)c1. The van der Waals surface area contributed by atoms with Crippen molar-refractivity contribution in [2.45, 2.75) is 20.0 Å². The van der Waals surface area contributed by atoms with Gasteiger partial charge in [0, 0.05) is 5.69 Å². The van der Waals surface area contributed by atoms with Crippen molar-refractivity contribution in [3.8, 4) is 5.75 Å². The topological polar surface area (TPSA) is 21.3 Å². The largest absolute Gasteiger partial charge is 0.487 e. The molecule has 0 heterocycles. The van der Waals surface area contributed by atoms with Gasteiger partial charge in [-0.3, -0.25) is 0 Å². The maximum absolute atomic E-state index is 6.15. The van der Waals surface area contributed by atoms with E-state index >= 15 is 0 Å². The van der Waals surface area contributed by atoms with Gasteiger partial charge in [0.05, 0.1) is 11.6 Å². The summed E-state index contributed by atoms with van der Waals surface area (Å²) in [5.74, 6) is 0.731. The van der Waals surface area contributed by atoms with Crippen LogP contribution in [0.4, 0.5) is 5.69 Å². The van der Waals surface area contributed by atoms with Gasteiger partial charge in [-0.15, -0.1) is 0 Å². The summed E-state index contributed by atoms with van der Waals surface area (Å²) < 4.78 is 5.83. The average Bonchev–Trinajstić information content (AvgIpc) is 2.41. The second kappa shape index (κ2) is 6.48. The number of para-hydroxylation sites is 1. The Bertz CT molecular complexity index is 528. The minimum absolute atomic E-state index is 0.0420. The van der Waals surface area contributed by atoms with E-state index in [0.29, 0.717) is 5.02 Å². The fraction of sp³-hybridized carbons (Fsp3) is 0.250. The average molecular weight is 276 g/mol. The standard InChI is InChI=1S/C16H18ClNO/c1-12-8-9-16(15(17)10-12)19-13(2)11-18-14-6-4-3-5-7-14/h3-10,13,18H,11H2,1-2H3. The Morgan fingerprint density at radius 2 is 1.89 bits per heavy atom. The number of anilines is 1. The smallest absolute Gasteiger partial charge is 0.138 e. The summed E-state index contributed by atoms with van der Waals surface area (Å²) in [4.78, 5) is 0. The lowest BCUT2D eigenvalue weighted by atomic mass is 10.2. The minimum Gasteiger partial charge on any atom is -0.487 e. The van der Waals surface area contributed by atoms with E-state index in [1.54, 1.807) is 0 Å². The first-order valence-corrected chi connectivity index (χ1v) is 6.74. The third kappa shape index (κ3) is 4.18. The Balaban J connectivity index is 1.89. The van der Waals surface area contributed by atoms with Crippen molar-refractivity contribution in [3.05, 3.63) is 59.1 Å². The summed E-state index contributed by atoms with van der Waals surface area (Å²) in [6, 6.07) is 15.9. The number of rotatable bonds is 5. The lowest BCUT2D eigenvalue weighted by molar-refractivity contribution is 0.235. The van der Waals surface area contributed by atoms with Crippen molar-refractivity contribution in [3.63, 3.8) is 0 Å². The molecule has 3 heteroatoms. The normalized spacial score (nSPS) is 11.9. The Morgan fingerprint density at radius 1 is 1.16 bits per heavy atom. The zero-order valence-electron chi connectivity index (χ0n) is 11.2. The molecule has 0 aromatic heterocycles. The summed E-state index contributed by atoms with van der Waals surface area (Å²) in [5, 5.41) is 3.99. The number of hydrogen-bond donors (Lipinski definition) is 1. The van der Waals surface area contributed by atoms with E-state index in [9.17, 15) is 0 Å². The summed E-state index contributed by atoms with van der Waals surface area (Å²) in [7, 11) is 0. The molecule has 0 amide bonds. The molecule has 2 rings (SSSR count). The Kier molecular flexibility index (Phi) is 4.69. The molecule has 19 heavy (non-hydrogen) atoms. The van der Waals surface area contributed by atoms with E-state index in [2.05, 4.69) is 5.32 Å². The molecular weight excluding hydrogens is 258 g/mol. The molecule has 1 unspecified atom stereocenters. The van der Waals surface area contributed by atoms with Gasteiger partial charge in [-0.2, -0.15) is 0 Å². The molecule has 0 aliphatic heterocycles. The van der Waals surface area contributed by atoms with Crippen LogP contribution in [-0.4, -0.2) is 12.6 Å². The number of benzene rings is 2. The van der Waals surface area contributed by atoms with E-state index < -0.39 is 0 Å². The Labute approximate surface area is 119 Å². The third-order valence-corrected chi connectivity index (χ3v) is 3.08. The van der Waals surface area contributed by atoms with Gasteiger partial charge in [-0.1, -0.05) is 35.9 Å². The van der Waals surface area contributed by atoms with Crippen LogP contribution in [0.1, 0.15) is 12.5 Å². The van der Waals surface area contributed by atoms with E-state index in [4.69, 9.17) is 16.3 Å². The highest BCUT2D eigenvalue weighted by atomic mass is 35.5. The lowest BCUT2D eigenvalue weighted by Gasteiger charge is -2.17. The van der Waals surface area contributed by atoms with Crippen LogP contribution in [0.3, 0.4) is 0 Å². The van der Waals surface area contributed by atoms with Crippen LogP contribution in [0.25, 0.3) is 0 Å². The fourth-order valence-corrected chi connectivity index (χ4v) is 2.06. The number of hydrogen-bond acceptors (Lipinski definition) is 2. The molecule has 2 nitrogen and oxygen atoms in total. The summed E-state index contributed by atoms with van der Waals surface area (Å²) in [6.07, 6.45) is 0.0420. The van der Waals surface area contributed by atoms with Crippen molar-refractivity contribution < 1.29 is 4.74 Å². The first kappa shape index (κ1) is 13.8. The van der Waals surface area contributed by atoms with Crippen LogP contribution in [0.2, 0.25) is 5.02 Å². The zero-order valence-corrected chi connectivity index (χ0v) is 11.9. The van der Waals surface area contributed by atoms with Gasteiger partial charge in [0.15, 0.2) is 0 Å². The number of ether oxygens (including phenoxy) is 1. The third-order valence-electron chi connectivity index (χ3n) is 2.78. The van der Waals surface area contributed by atoms with Gasteiger partial charge in [-0.25, -0.2) is 0 Å². The summed E-state index contributed by atoms with van der Waals surface area (Å²) >= 11 is 6.15. The maximum atomic E-state index is 6.15. The van der Waals surface area contributed by atoms with Crippen LogP contribution >= 0.6 is 11.6 Å². The predicted molar refractivity (Wildman–Crippen MR) is 81.2 cm³/mol. The van der Waals surface area contributed by atoms with Crippen LogP contribution in [-0.2, 0) is 0 Å². The number of halogens is 1. The molecule has 0 bridgehead atoms. The van der Waals surface area contributed by atoms with Crippen molar-refractivity contribution in [1.29, 1.82) is 0 Å². The van der Waals surface area contributed by atoms with E-state index in [1.807, 2.05) is 62.4 Å². The molecule has 0 fully saturated rings. The highest BCUT2D eigenvalue weighted by Gasteiger charge is 2.07. The van der Waals surface area contributed by atoms with Gasteiger partial charge in [0.1, 0.15) is 11.9 Å². The minimum atomic E-state index is 0.0420. The molecule has 2 aromatic carbocycles. The van der Waals surface area contributed by atoms with Crippen LogP contribution in [0.5, 0.6) is 5.75 Å². The van der Waals surface area contributed by atoms with E-state index in [0.717, 1.165) is 23.5 Å². The molecule has 0 aliphatic carbocycles. The first-order valence-electron chi connectivity index (χ1n) is 6.37. The van der Waals surface area contributed by atoms with E-state index in [-0.39, 0.29) is 6.10 Å². The highest BCUT2D eigenvalue weighted by Crippen LogP contribution is 2.26. The van der Waals surface area contributed by atoms with Crippen molar-refractivity contribution in [1.82, 2.24) is 0 Å². The predicted octanol–water partition coefficient (Wildman–Crippen LogP) is 4.53. The maximum Gasteiger partial charge on any atom is 0.138 e. The summed E-state index contributed by atoms with van der Waals surface area (Å²) in [5.41, 5.74) is 2.22. The summed E-state index contributed by atoms with van der Waals surface area (Å²) in [6.45, 7) is 4.76. The first-order chi connectivity index (χ1) is 9.15. The molecule has 0 saturated heterocycles. The van der Waals surface area contributed by atoms with Crippen LogP contribution in [0, 0.1) is 6.92 Å². The molecule has 0 aliphatic rings. The molecule has 1 N–H and O–H groups in total. The molecular formula is C16H18ClNO. The Hall–Kier alpha value is -1.67. The van der Waals surface area contributed by atoms with Gasteiger partial charge in [-0.05, 0) is 43.7 Å². The van der Waals surface area contributed by atoms with Crippen molar-refractivity contribution >= 4 is 17.3 Å². The number of nitrogens with one attached hydrogen (secondary N) is 1. The zero-order chi connectivity index (χ0) is 13.7. The van der Waals surface area contributed by atoms with Crippen LogP contribution in [0.15, 0.2) is 48.5 Å². The lowest BCUT2D eigenvalue weighted by Crippen LogP contribution is -2.22. The van der Waals surface area contributed by atoms with Gasteiger partial charge in [0.2, 0.25) is 0 Å². The fourth-order valence-electron chi connectivity index (χ4n) is 1.78. The number of aryl methyl sites for hydroxylation is 1. The Morgan fingerprint density at radius 3 is 2.58 bits per heavy atom. The molecule has 1 atom stereocenters. The second-order valence-electron chi connectivity index (χ2n) is 4.61.